The minimum atomic E-state index is -0.411. The van der Waals surface area contributed by atoms with E-state index >= 15 is 0 Å². The molecule has 0 radical (unpaired) electrons. The van der Waals surface area contributed by atoms with Gasteiger partial charge in [0, 0.05) is 0 Å². The summed E-state index contributed by atoms with van der Waals surface area (Å²) in [6.07, 6.45) is 0. The molecule has 0 bridgehead atoms. The van der Waals surface area contributed by atoms with E-state index in [1.54, 1.807) is 12.1 Å². The highest BCUT2D eigenvalue weighted by Gasteiger charge is 2.51. The summed E-state index contributed by atoms with van der Waals surface area (Å²) in [5, 5.41) is 0. The van der Waals surface area contributed by atoms with E-state index in [2.05, 4.69) is 0 Å². The van der Waals surface area contributed by atoms with Crippen LogP contribution in [0.1, 0.15) is 27.7 Å². The lowest BCUT2D eigenvalue weighted by Gasteiger charge is -2.32. The normalized spacial score (nSPS) is 22.4. The first kappa shape index (κ1) is 11.6. The minimum absolute atomic E-state index is 0.250. The summed E-state index contributed by atoms with van der Waals surface area (Å²) in [6.45, 7) is 7.99. The molecular weight excluding hydrogens is 206 g/mol. The Bertz CT molecular complexity index is 371. The summed E-state index contributed by atoms with van der Waals surface area (Å²) < 4.78 is 24.5. The molecule has 1 aromatic rings. The first-order chi connectivity index (χ1) is 7.32. The molecule has 16 heavy (non-hydrogen) atoms. The Kier molecular flexibility index (Phi) is 2.59. The Hall–Kier alpha value is -0.865. The van der Waals surface area contributed by atoms with Gasteiger partial charge in [0.05, 0.1) is 11.2 Å². The molecule has 0 saturated carbocycles. The summed E-state index contributed by atoms with van der Waals surface area (Å²) in [7, 11) is -0.411. The maximum absolute atomic E-state index is 12.8. The zero-order chi connectivity index (χ0) is 12.0. The largest absolute Gasteiger partial charge is 0.494 e. The molecule has 0 N–H and O–H groups in total. The number of benzene rings is 1. The van der Waals surface area contributed by atoms with Gasteiger partial charge < -0.3 is 9.31 Å². The Morgan fingerprint density at radius 2 is 1.38 bits per heavy atom. The first-order valence-corrected chi connectivity index (χ1v) is 5.43. The van der Waals surface area contributed by atoms with E-state index in [9.17, 15) is 4.39 Å². The predicted molar refractivity (Wildman–Crippen MR) is 62.1 cm³/mol. The van der Waals surface area contributed by atoms with Crippen molar-refractivity contribution in [2.45, 2.75) is 38.9 Å². The standard InChI is InChI=1S/C12H16BFO2/c1-11(2)12(3,4)16-13(15-11)9-5-7-10(14)8-6-9/h5-8H,1-4H3. The third-order valence-corrected chi connectivity index (χ3v) is 3.40. The minimum Gasteiger partial charge on any atom is -0.399 e. The molecule has 0 amide bonds. The van der Waals surface area contributed by atoms with Gasteiger partial charge in [0.2, 0.25) is 0 Å². The zero-order valence-electron chi connectivity index (χ0n) is 10.1. The second kappa shape index (κ2) is 3.57. The maximum atomic E-state index is 12.8. The second-order valence-electron chi connectivity index (χ2n) is 5.14. The number of rotatable bonds is 1. The van der Waals surface area contributed by atoms with E-state index in [1.807, 2.05) is 27.7 Å². The molecule has 2 nitrogen and oxygen atoms in total. The van der Waals surface area contributed by atoms with E-state index in [-0.39, 0.29) is 17.0 Å². The highest BCUT2D eigenvalue weighted by atomic mass is 19.1. The van der Waals surface area contributed by atoms with Gasteiger partial charge in [-0.3, -0.25) is 0 Å². The van der Waals surface area contributed by atoms with Gasteiger partial charge in [-0.25, -0.2) is 4.39 Å². The third kappa shape index (κ3) is 1.87. The van der Waals surface area contributed by atoms with Crippen LogP contribution in [0.3, 0.4) is 0 Å². The number of halogens is 1. The SMILES string of the molecule is CC1(C)OB(c2ccc(F)cc2)OC1(C)C. The molecule has 2 rings (SSSR count). The molecule has 4 heteroatoms. The molecule has 1 fully saturated rings. The molecule has 0 atom stereocenters. The van der Waals surface area contributed by atoms with Crippen LogP contribution in [-0.2, 0) is 9.31 Å². The highest BCUT2D eigenvalue weighted by molar-refractivity contribution is 6.62. The Morgan fingerprint density at radius 1 is 0.938 bits per heavy atom. The van der Waals surface area contributed by atoms with Crippen LogP contribution in [0, 0.1) is 5.82 Å². The third-order valence-electron chi connectivity index (χ3n) is 3.40. The molecular formula is C12H16BFO2. The van der Waals surface area contributed by atoms with Crippen LogP contribution in [0.4, 0.5) is 4.39 Å². The van der Waals surface area contributed by atoms with Crippen LogP contribution in [0.15, 0.2) is 24.3 Å². The number of hydrogen-bond acceptors (Lipinski definition) is 2. The average molecular weight is 222 g/mol. The fourth-order valence-corrected chi connectivity index (χ4v) is 1.60. The lowest BCUT2D eigenvalue weighted by molar-refractivity contribution is 0.00578. The van der Waals surface area contributed by atoms with Crippen molar-refractivity contribution in [2.75, 3.05) is 0 Å². The van der Waals surface area contributed by atoms with Crippen molar-refractivity contribution >= 4 is 12.6 Å². The van der Waals surface area contributed by atoms with Gasteiger partial charge in [0.1, 0.15) is 5.82 Å². The maximum Gasteiger partial charge on any atom is 0.494 e. The molecule has 1 heterocycles. The van der Waals surface area contributed by atoms with Gasteiger partial charge in [-0.2, -0.15) is 0 Å². The van der Waals surface area contributed by atoms with Crippen LogP contribution in [0.25, 0.3) is 0 Å². The van der Waals surface area contributed by atoms with Crippen LogP contribution >= 0.6 is 0 Å². The van der Waals surface area contributed by atoms with Gasteiger partial charge in [-0.05, 0) is 45.3 Å². The van der Waals surface area contributed by atoms with E-state index in [0.717, 1.165) is 5.46 Å². The molecule has 1 aliphatic heterocycles. The van der Waals surface area contributed by atoms with Crippen LogP contribution in [0.5, 0.6) is 0 Å². The number of hydrogen-bond donors (Lipinski definition) is 0. The lowest BCUT2D eigenvalue weighted by Crippen LogP contribution is -2.41. The molecule has 1 aromatic carbocycles. The van der Waals surface area contributed by atoms with Crippen molar-refractivity contribution in [3.8, 4) is 0 Å². The van der Waals surface area contributed by atoms with Gasteiger partial charge in [0.15, 0.2) is 0 Å². The summed E-state index contributed by atoms with van der Waals surface area (Å²) in [4.78, 5) is 0. The topological polar surface area (TPSA) is 18.5 Å². The molecule has 86 valence electrons. The first-order valence-electron chi connectivity index (χ1n) is 5.43. The lowest BCUT2D eigenvalue weighted by atomic mass is 9.79. The fourth-order valence-electron chi connectivity index (χ4n) is 1.60. The molecule has 0 aromatic heterocycles. The Labute approximate surface area is 95.9 Å². The van der Waals surface area contributed by atoms with Crippen molar-refractivity contribution in [3.63, 3.8) is 0 Å². The molecule has 0 aliphatic carbocycles. The van der Waals surface area contributed by atoms with Gasteiger partial charge in [0.25, 0.3) is 0 Å². The fraction of sp³-hybridized carbons (Fsp3) is 0.500. The van der Waals surface area contributed by atoms with Crippen LogP contribution < -0.4 is 5.46 Å². The van der Waals surface area contributed by atoms with Crippen molar-refractivity contribution in [1.82, 2.24) is 0 Å². The second-order valence-corrected chi connectivity index (χ2v) is 5.14. The highest BCUT2D eigenvalue weighted by Crippen LogP contribution is 2.36. The summed E-state index contributed by atoms with van der Waals surface area (Å²) in [5.74, 6) is -0.250. The summed E-state index contributed by atoms with van der Waals surface area (Å²) in [6, 6.07) is 6.22. The molecule has 1 aliphatic rings. The Balaban J connectivity index is 2.23. The molecule has 0 spiro atoms. The van der Waals surface area contributed by atoms with Crippen molar-refractivity contribution < 1.29 is 13.7 Å². The van der Waals surface area contributed by atoms with E-state index in [4.69, 9.17) is 9.31 Å². The summed E-state index contributed by atoms with van der Waals surface area (Å²) in [5.41, 5.74) is 0.137. The predicted octanol–water partition coefficient (Wildman–Crippen LogP) is 2.12. The van der Waals surface area contributed by atoms with Crippen LogP contribution in [-0.4, -0.2) is 18.3 Å². The van der Waals surface area contributed by atoms with E-state index < -0.39 is 7.12 Å². The Morgan fingerprint density at radius 3 is 1.81 bits per heavy atom. The van der Waals surface area contributed by atoms with Crippen molar-refractivity contribution in [2.24, 2.45) is 0 Å². The van der Waals surface area contributed by atoms with Gasteiger partial charge in [-0.1, -0.05) is 12.1 Å². The zero-order valence-corrected chi connectivity index (χ0v) is 10.1. The van der Waals surface area contributed by atoms with Gasteiger partial charge in [-0.15, -0.1) is 0 Å². The molecule has 1 saturated heterocycles. The monoisotopic (exact) mass is 222 g/mol. The van der Waals surface area contributed by atoms with Crippen LogP contribution in [0.2, 0.25) is 0 Å². The average Bonchev–Trinajstić information content (AvgIpc) is 2.37. The van der Waals surface area contributed by atoms with E-state index in [1.165, 1.54) is 12.1 Å². The van der Waals surface area contributed by atoms with Crippen molar-refractivity contribution in [3.05, 3.63) is 30.1 Å². The van der Waals surface area contributed by atoms with Gasteiger partial charge >= 0.3 is 7.12 Å². The molecule has 0 unspecified atom stereocenters. The smallest absolute Gasteiger partial charge is 0.399 e. The van der Waals surface area contributed by atoms with Crippen molar-refractivity contribution in [1.29, 1.82) is 0 Å². The quantitative estimate of drug-likeness (QED) is 0.677. The van der Waals surface area contributed by atoms with E-state index in [0.29, 0.717) is 0 Å². The summed E-state index contributed by atoms with van der Waals surface area (Å²) >= 11 is 0.